The van der Waals surface area contributed by atoms with Crippen molar-refractivity contribution >= 4 is 11.9 Å². The molecule has 6 heteroatoms. The number of nitrogens with zero attached hydrogens (tertiary/aromatic N) is 1. The maximum absolute atomic E-state index is 12.3. The van der Waals surface area contributed by atoms with E-state index in [9.17, 15) is 9.59 Å². The van der Waals surface area contributed by atoms with E-state index in [1.54, 1.807) is 50.5 Å². The van der Waals surface area contributed by atoms with Gasteiger partial charge in [0.25, 0.3) is 5.91 Å². The first-order chi connectivity index (χ1) is 11.9. The van der Waals surface area contributed by atoms with E-state index in [4.69, 9.17) is 9.84 Å². The van der Waals surface area contributed by atoms with E-state index < -0.39 is 11.5 Å². The highest BCUT2D eigenvalue weighted by molar-refractivity contribution is 5.94. The first-order valence-electron chi connectivity index (χ1n) is 8.02. The van der Waals surface area contributed by atoms with Crippen molar-refractivity contribution < 1.29 is 19.4 Å². The van der Waals surface area contributed by atoms with Crippen molar-refractivity contribution in [1.82, 2.24) is 10.3 Å². The van der Waals surface area contributed by atoms with Crippen LogP contribution in [0.4, 0.5) is 0 Å². The van der Waals surface area contributed by atoms with Crippen LogP contribution in [0.2, 0.25) is 0 Å². The van der Waals surface area contributed by atoms with Crippen molar-refractivity contribution in [2.75, 3.05) is 0 Å². The molecule has 0 bridgehead atoms. The predicted octanol–water partition coefficient (Wildman–Crippen LogP) is 3.03. The average molecular weight is 342 g/mol. The number of hydrogen-bond acceptors (Lipinski definition) is 4. The first-order valence-corrected chi connectivity index (χ1v) is 8.02. The van der Waals surface area contributed by atoms with Crippen LogP contribution < -0.4 is 10.1 Å². The number of amides is 1. The lowest BCUT2D eigenvalue weighted by atomic mass is 9.98. The van der Waals surface area contributed by atoms with Crippen molar-refractivity contribution in [2.45, 2.75) is 38.8 Å². The number of ether oxygens (including phenoxy) is 1. The summed E-state index contributed by atoms with van der Waals surface area (Å²) in [5.41, 5.74) is 0.920. The van der Waals surface area contributed by atoms with Gasteiger partial charge in [-0.1, -0.05) is 0 Å². The van der Waals surface area contributed by atoms with Crippen LogP contribution in [-0.2, 0) is 11.4 Å². The maximum atomic E-state index is 12.3. The molecular weight excluding hydrogens is 320 g/mol. The Hall–Kier alpha value is -2.89. The zero-order valence-electron chi connectivity index (χ0n) is 14.4. The lowest BCUT2D eigenvalue weighted by molar-refractivity contribution is -0.137. The molecule has 0 spiro atoms. The molecule has 1 aromatic heterocycles. The van der Waals surface area contributed by atoms with E-state index in [2.05, 4.69) is 10.3 Å². The van der Waals surface area contributed by atoms with Crippen molar-refractivity contribution in [3.05, 3.63) is 59.9 Å². The fourth-order valence-electron chi connectivity index (χ4n) is 2.21. The zero-order chi connectivity index (χ0) is 18.3. The van der Waals surface area contributed by atoms with Crippen molar-refractivity contribution in [3.8, 4) is 5.75 Å². The van der Waals surface area contributed by atoms with Crippen molar-refractivity contribution in [3.63, 3.8) is 0 Å². The van der Waals surface area contributed by atoms with Gasteiger partial charge >= 0.3 is 5.97 Å². The molecule has 1 aromatic carbocycles. The number of benzene rings is 1. The SMILES string of the molecule is CC(C)(CCC(=O)O)NC(=O)c1ccc(OCc2ccncc2)cc1. The number of aliphatic carboxylic acids is 1. The van der Waals surface area contributed by atoms with Gasteiger partial charge in [-0.25, -0.2) is 0 Å². The smallest absolute Gasteiger partial charge is 0.303 e. The van der Waals surface area contributed by atoms with Crippen LogP contribution in [0.5, 0.6) is 5.75 Å². The number of carboxylic acids is 1. The molecule has 0 saturated heterocycles. The van der Waals surface area contributed by atoms with Gasteiger partial charge < -0.3 is 15.2 Å². The van der Waals surface area contributed by atoms with Gasteiger partial charge in [0, 0.05) is 29.9 Å². The summed E-state index contributed by atoms with van der Waals surface area (Å²) >= 11 is 0. The van der Waals surface area contributed by atoms with Gasteiger partial charge in [0.1, 0.15) is 12.4 Å². The summed E-state index contributed by atoms with van der Waals surface area (Å²) in [5, 5.41) is 11.6. The van der Waals surface area contributed by atoms with Crippen LogP contribution in [0.3, 0.4) is 0 Å². The summed E-state index contributed by atoms with van der Waals surface area (Å²) in [6.07, 6.45) is 3.78. The summed E-state index contributed by atoms with van der Waals surface area (Å²) in [4.78, 5) is 26.9. The minimum Gasteiger partial charge on any atom is -0.489 e. The molecular formula is C19H22N2O4. The van der Waals surface area contributed by atoms with Crippen LogP contribution in [0.1, 0.15) is 42.6 Å². The highest BCUT2D eigenvalue weighted by Crippen LogP contribution is 2.16. The number of carbonyl (C=O) groups is 2. The third-order valence-corrected chi connectivity index (χ3v) is 3.69. The summed E-state index contributed by atoms with van der Waals surface area (Å²) < 4.78 is 5.67. The number of pyridine rings is 1. The molecule has 0 saturated carbocycles. The molecule has 0 unspecified atom stereocenters. The second-order valence-corrected chi connectivity index (χ2v) is 6.40. The monoisotopic (exact) mass is 342 g/mol. The fourth-order valence-corrected chi connectivity index (χ4v) is 2.21. The summed E-state index contributed by atoms with van der Waals surface area (Å²) in [7, 11) is 0. The van der Waals surface area contributed by atoms with Gasteiger partial charge in [-0.2, -0.15) is 0 Å². The van der Waals surface area contributed by atoms with E-state index in [0.29, 0.717) is 24.3 Å². The molecule has 0 fully saturated rings. The molecule has 132 valence electrons. The van der Waals surface area contributed by atoms with E-state index >= 15 is 0 Å². The van der Waals surface area contributed by atoms with Gasteiger partial charge in [0.2, 0.25) is 0 Å². The zero-order valence-corrected chi connectivity index (χ0v) is 14.4. The standard InChI is InChI=1S/C19H22N2O4/c1-19(2,10-7-17(22)23)21-18(24)15-3-5-16(6-4-15)25-13-14-8-11-20-12-9-14/h3-6,8-9,11-12H,7,10,13H2,1-2H3,(H,21,24)(H,22,23). The van der Waals surface area contributed by atoms with Crippen molar-refractivity contribution in [2.24, 2.45) is 0 Å². The normalized spacial score (nSPS) is 11.0. The highest BCUT2D eigenvalue weighted by Gasteiger charge is 2.22. The number of carbonyl (C=O) groups excluding carboxylic acids is 1. The molecule has 2 N–H and O–H groups in total. The topological polar surface area (TPSA) is 88.5 Å². The van der Waals surface area contributed by atoms with Crippen LogP contribution in [0.15, 0.2) is 48.8 Å². The third kappa shape index (κ3) is 6.25. The molecule has 6 nitrogen and oxygen atoms in total. The minimum absolute atomic E-state index is 0.00899. The minimum atomic E-state index is -0.877. The molecule has 25 heavy (non-hydrogen) atoms. The third-order valence-electron chi connectivity index (χ3n) is 3.69. The van der Waals surface area contributed by atoms with E-state index in [1.807, 2.05) is 12.1 Å². The quantitative estimate of drug-likeness (QED) is 0.770. The number of carboxylic acid groups (broad SMARTS) is 1. The Bertz CT molecular complexity index is 712. The molecule has 0 aliphatic carbocycles. The fraction of sp³-hybridized carbons (Fsp3) is 0.316. The Kier molecular flexibility index (Phi) is 6.11. The summed E-state index contributed by atoms with van der Waals surface area (Å²) in [6, 6.07) is 10.6. The maximum Gasteiger partial charge on any atom is 0.303 e. The number of hydrogen-bond donors (Lipinski definition) is 2. The van der Waals surface area contributed by atoms with E-state index in [0.717, 1.165) is 5.56 Å². The van der Waals surface area contributed by atoms with Crippen LogP contribution >= 0.6 is 0 Å². The predicted molar refractivity (Wildman–Crippen MR) is 93.4 cm³/mol. The van der Waals surface area contributed by atoms with Crippen LogP contribution in [0, 0.1) is 0 Å². The van der Waals surface area contributed by atoms with E-state index in [-0.39, 0.29) is 12.3 Å². The molecule has 0 aliphatic heterocycles. The lowest BCUT2D eigenvalue weighted by Crippen LogP contribution is -2.43. The summed E-state index contributed by atoms with van der Waals surface area (Å²) in [5.74, 6) is -0.451. The number of rotatable bonds is 8. The molecule has 0 atom stereocenters. The summed E-state index contributed by atoms with van der Waals surface area (Å²) in [6.45, 7) is 4.04. The van der Waals surface area contributed by atoms with Crippen LogP contribution in [0.25, 0.3) is 0 Å². The Morgan fingerprint density at radius 2 is 1.76 bits per heavy atom. The Balaban J connectivity index is 1.90. The molecule has 1 heterocycles. The second-order valence-electron chi connectivity index (χ2n) is 6.40. The largest absolute Gasteiger partial charge is 0.489 e. The molecule has 0 aliphatic rings. The molecule has 2 aromatic rings. The lowest BCUT2D eigenvalue weighted by Gasteiger charge is -2.25. The van der Waals surface area contributed by atoms with Crippen LogP contribution in [-0.4, -0.2) is 27.5 Å². The molecule has 0 radical (unpaired) electrons. The molecule has 2 rings (SSSR count). The number of aromatic nitrogens is 1. The highest BCUT2D eigenvalue weighted by atomic mass is 16.5. The van der Waals surface area contributed by atoms with E-state index in [1.165, 1.54) is 0 Å². The Labute approximate surface area is 146 Å². The van der Waals surface area contributed by atoms with Gasteiger partial charge in [-0.05, 0) is 62.2 Å². The van der Waals surface area contributed by atoms with Gasteiger partial charge in [-0.3, -0.25) is 14.6 Å². The van der Waals surface area contributed by atoms with Gasteiger partial charge in [0.15, 0.2) is 0 Å². The Morgan fingerprint density at radius 3 is 2.36 bits per heavy atom. The first kappa shape index (κ1) is 18.4. The van der Waals surface area contributed by atoms with Gasteiger partial charge in [0.05, 0.1) is 0 Å². The van der Waals surface area contributed by atoms with Gasteiger partial charge in [-0.15, -0.1) is 0 Å². The number of nitrogens with one attached hydrogen (secondary N) is 1. The Morgan fingerprint density at radius 1 is 1.12 bits per heavy atom. The molecule has 1 amide bonds. The van der Waals surface area contributed by atoms with Crippen molar-refractivity contribution in [1.29, 1.82) is 0 Å². The average Bonchev–Trinajstić information content (AvgIpc) is 2.59. The second kappa shape index (κ2) is 8.28.